The van der Waals surface area contributed by atoms with E-state index in [4.69, 9.17) is 0 Å². The Kier molecular flexibility index (Phi) is 4.17. The molecule has 1 aliphatic heterocycles. The molecule has 0 radical (unpaired) electrons. The van der Waals surface area contributed by atoms with Gasteiger partial charge in [-0.1, -0.05) is 0 Å². The molecule has 1 fully saturated rings. The Bertz CT molecular complexity index is 801. The first-order valence-electron chi connectivity index (χ1n) is 7.44. The van der Waals surface area contributed by atoms with Crippen molar-refractivity contribution in [2.24, 2.45) is 0 Å². The number of nitrogens with one attached hydrogen (secondary N) is 1. The van der Waals surface area contributed by atoms with Crippen molar-refractivity contribution in [3.63, 3.8) is 0 Å². The lowest BCUT2D eigenvalue weighted by Crippen LogP contribution is -2.39. The van der Waals surface area contributed by atoms with Crippen molar-refractivity contribution < 1.29 is 8.42 Å². The highest BCUT2D eigenvalue weighted by Gasteiger charge is 2.38. The molecule has 0 aromatic carbocycles. The lowest BCUT2D eigenvalue weighted by atomic mass is 10.1. The molecule has 3 heterocycles. The SMILES string of the molecule is Cc1cc(-c2nccnc2[C@H]2CCCN2S(=O)(=O)N(C)C)n[nH]1. The van der Waals surface area contributed by atoms with E-state index in [2.05, 4.69) is 20.2 Å². The molecule has 2 aromatic rings. The first-order chi connectivity index (χ1) is 10.9. The van der Waals surface area contributed by atoms with Crippen molar-refractivity contribution >= 4 is 10.2 Å². The highest BCUT2D eigenvalue weighted by Crippen LogP contribution is 2.37. The lowest BCUT2D eigenvalue weighted by Gasteiger charge is -2.27. The molecule has 1 atom stereocenters. The van der Waals surface area contributed by atoms with E-state index in [9.17, 15) is 8.42 Å². The van der Waals surface area contributed by atoms with Crippen molar-refractivity contribution in [1.82, 2.24) is 28.8 Å². The van der Waals surface area contributed by atoms with Gasteiger partial charge in [-0.3, -0.25) is 15.1 Å². The molecule has 0 bridgehead atoms. The Hall–Kier alpha value is -1.84. The van der Waals surface area contributed by atoms with Crippen LogP contribution in [0, 0.1) is 6.92 Å². The maximum atomic E-state index is 12.6. The third-order valence-corrected chi connectivity index (χ3v) is 5.90. The van der Waals surface area contributed by atoms with Crippen LogP contribution in [0.1, 0.15) is 30.3 Å². The average molecular weight is 336 g/mol. The fourth-order valence-electron chi connectivity index (χ4n) is 2.83. The molecule has 9 heteroatoms. The minimum atomic E-state index is -3.50. The summed E-state index contributed by atoms with van der Waals surface area (Å²) in [6.07, 6.45) is 4.72. The third kappa shape index (κ3) is 2.87. The van der Waals surface area contributed by atoms with Gasteiger partial charge < -0.3 is 0 Å². The van der Waals surface area contributed by atoms with E-state index in [0.717, 1.165) is 18.5 Å². The molecule has 124 valence electrons. The van der Waals surface area contributed by atoms with Crippen molar-refractivity contribution in [1.29, 1.82) is 0 Å². The highest BCUT2D eigenvalue weighted by molar-refractivity contribution is 7.86. The number of aromatic amines is 1. The van der Waals surface area contributed by atoms with Crippen LogP contribution in [0.4, 0.5) is 0 Å². The van der Waals surface area contributed by atoms with Gasteiger partial charge in [0.25, 0.3) is 10.2 Å². The number of aryl methyl sites for hydroxylation is 1. The van der Waals surface area contributed by atoms with Crippen molar-refractivity contribution in [2.45, 2.75) is 25.8 Å². The summed E-state index contributed by atoms with van der Waals surface area (Å²) >= 11 is 0. The summed E-state index contributed by atoms with van der Waals surface area (Å²) in [5, 5.41) is 7.12. The van der Waals surface area contributed by atoms with Crippen LogP contribution in [0.2, 0.25) is 0 Å². The Balaban J connectivity index is 2.05. The summed E-state index contributed by atoms with van der Waals surface area (Å²) in [6.45, 7) is 2.39. The number of hydrogen-bond donors (Lipinski definition) is 1. The summed E-state index contributed by atoms with van der Waals surface area (Å²) < 4.78 is 27.8. The second-order valence-electron chi connectivity index (χ2n) is 5.79. The predicted molar refractivity (Wildman–Crippen MR) is 85.6 cm³/mol. The standard InChI is InChI=1S/C14H20N6O2S/c1-10-9-11(18-17-10)13-14(16-7-6-15-13)12-5-4-8-20(12)23(21,22)19(2)3/h6-7,9,12H,4-5,8H2,1-3H3,(H,17,18)/t12-/m1/s1. The summed E-state index contributed by atoms with van der Waals surface area (Å²) in [5.41, 5.74) is 2.88. The largest absolute Gasteiger partial charge is 0.282 e. The molecule has 2 aromatic heterocycles. The van der Waals surface area contributed by atoms with Gasteiger partial charge in [-0.25, -0.2) is 0 Å². The first-order valence-corrected chi connectivity index (χ1v) is 8.83. The van der Waals surface area contributed by atoms with Crippen molar-refractivity contribution in [2.75, 3.05) is 20.6 Å². The topological polar surface area (TPSA) is 95.1 Å². The molecule has 1 aliphatic rings. The molecule has 1 saturated heterocycles. The zero-order chi connectivity index (χ0) is 16.6. The zero-order valence-electron chi connectivity index (χ0n) is 13.4. The third-order valence-electron chi connectivity index (χ3n) is 3.95. The molecule has 0 saturated carbocycles. The Morgan fingerprint density at radius 2 is 2.04 bits per heavy atom. The van der Waals surface area contributed by atoms with Gasteiger partial charge >= 0.3 is 0 Å². The van der Waals surface area contributed by atoms with Gasteiger partial charge in [-0.2, -0.15) is 22.1 Å². The Morgan fingerprint density at radius 3 is 2.70 bits per heavy atom. The minimum absolute atomic E-state index is 0.317. The molecule has 0 amide bonds. The molecule has 1 N–H and O–H groups in total. The number of nitrogens with zero attached hydrogens (tertiary/aromatic N) is 5. The zero-order valence-corrected chi connectivity index (χ0v) is 14.2. The molecular weight excluding hydrogens is 316 g/mol. The van der Waals surface area contributed by atoms with E-state index in [1.165, 1.54) is 8.61 Å². The van der Waals surface area contributed by atoms with Crippen LogP contribution >= 0.6 is 0 Å². The lowest BCUT2D eigenvalue weighted by molar-refractivity contribution is 0.358. The summed E-state index contributed by atoms with van der Waals surface area (Å²) in [5.74, 6) is 0. The van der Waals surface area contributed by atoms with Crippen molar-refractivity contribution in [3.8, 4) is 11.4 Å². The number of rotatable bonds is 4. The minimum Gasteiger partial charge on any atom is -0.282 e. The van der Waals surface area contributed by atoms with Crippen molar-refractivity contribution in [3.05, 3.63) is 29.8 Å². The van der Waals surface area contributed by atoms with E-state index in [1.807, 2.05) is 13.0 Å². The summed E-state index contributed by atoms with van der Waals surface area (Å²) in [6, 6.07) is 1.57. The van der Waals surface area contributed by atoms with E-state index < -0.39 is 10.2 Å². The quantitative estimate of drug-likeness (QED) is 0.903. The van der Waals surface area contributed by atoms with Crippen LogP contribution in [0.25, 0.3) is 11.4 Å². The van der Waals surface area contributed by atoms with E-state index in [1.54, 1.807) is 26.5 Å². The van der Waals surface area contributed by atoms with Crippen LogP contribution < -0.4 is 0 Å². The van der Waals surface area contributed by atoms with Crippen LogP contribution in [0.5, 0.6) is 0 Å². The van der Waals surface area contributed by atoms with Crippen LogP contribution in [0.3, 0.4) is 0 Å². The van der Waals surface area contributed by atoms with Crippen LogP contribution in [-0.2, 0) is 10.2 Å². The second kappa shape index (κ2) is 5.99. The molecule has 0 spiro atoms. The fraction of sp³-hybridized carbons (Fsp3) is 0.500. The highest BCUT2D eigenvalue weighted by atomic mass is 32.2. The maximum Gasteiger partial charge on any atom is 0.282 e. The summed E-state index contributed by atoms with van der Waals surface area (Å²) in [7, 11) is -0.415. The van der Waals surface area contributed by atoms with Gasteiger partial charge in [0.15, 0.2) is 0 Å². The Morgan fingerprint density at radius 1 is 1.30 bits per heavy atom. The van der Waals surface area contributed by atoms with E-state index in [-0.39, 0.29) is 6.04 Å². The molecule has 3 rings (SSSR count). The number of hydrogen-bond acceptors (Lipinski definition) is 5. The fourth-order valence-corrected chi connectivity index (χ4v) is 4.13. The van der Waals surface area contributed by atoms with Gasteiger partial charge in [0.05, 0.1) is 11.7 Å². The monoisotopic (exact) mass is 336 g/mol. The van der Waals surface area contributed by atoms with E-state index in [0.29, 0.717) is 23.6 Å². The Labute approximate surface area is 135 Å². The van der Waals surface area contributed by atoms with Gasteiger partial charge in [-0.15, -0.1) is 0 Å². The molecular formula is C14H20N6O2S. The van der Waals surface area contributed by atoms with Crippen LogP contribution in [-0.4, -0.2) is 57.8 Å². The van der Waals surface area contributed by atoms with Gasteiger partial charge in [0.2, 0.25) is 0 Å². The summed E-state index contributed by atoms with van der Waals surface area (Å²) in [4.78, 5) is 8.82. The predicted octanol–water partition coefficient (Wildman–Crippen LogP) is 1.12. The number of H-pyrrole nitrogens is 1. The molecule has 0 unspecified atom stereocenters. The maximum absolute atomic E-state index is 12.6. The van der Waals surface area contributed by atoms with E-state index >= 15 is 0 Å². The molecule has 23 heavy (non-hydrogen) atoms. The van der Waals surface area contributed by atoms with Gasteiger partial charge in [0, 0.05) is 38.7 Å². The smallest absolute Gasteiger partial charge is 0.282 e. The average Bonchev–Trinajstić information content (AvgIpc) is 3.16. The second-order valence-corrected chi connectivity index (χ2v) is 7.88. The normalized spacial score (nSPS) is 19.6. The first kappa shape index (κ1) is 16.0. The van der Waals surface area contributed by atoms with Crippen LogP contribution in [0.15, 0.2) is 18.5 Å². The number of aromatic nitrogens is 4. The molecule has 8 nitrogen and oxygen atoms in total. The molecule has 0 aliphatic carbocycles. The van der Waals surface area contributed by atoms with Gasteiger partial charge in [-0.05, 0) is 25.8 Å². The van der Waals surface area contributed by atoms with Gasteiger partial charge in [0.1, 0.15) is 11.4 Å².